The second-order valence-electron chi connectivity index (χ2n) is 7.53. The molecule has 0 radical (unpaired) electrons. The summed E-state index contributed by atoms with van der Waals surface area (Å²) < 4.78 is 1.32. The minimum atomic E-state index is -0.387. The molecule has 8 nitrogen and oxygen atoms in total. The Balaban J connectivity index is 1.53. The number of piperidine rings is 1. The summed E-state index contributed by atoms with van der Waals surface area (Å²) in [6.45, 7) is 2.96. The molecule has 1 atom stereocenters. The Morgan fingerprint density at radius 2 is 2.07 bits per heavy atom. The predicted octanol–water partition coefficient (Wildman–Crippen LogP) is 0.207. The molecule has 4 heterocycles. The Bertz CT molecular complexity index is 926. The number of aliphatic hydroxyl groups is 1. The maximum atomic E-state index is 12.9. The number of aromatic hydroxyl groups is 1. The summed E-state index contributed by atoms with van der Waals surface area (Å²) in [5, 5.41) is 19.2. The second kappa shape index (κ2) is 6.94. The fraction of sp³-hybridized carbons (Fsp3) is 0.526. The van der Waals surface area contributed by atoms with Gasteiger partial charge in [-0.15, -0.1) is 0 Å². The van der Waals surface area contributed by atoms with Crippen molar-refractivity contribution in [2.24, 2.45) is 5.41 Å². The minimum Gasteiger partial charge on any atom is -0.504 e. The number of likely N-dealkylation sites (tertiary alicyclic amines) is 2. The van der Waals surface area contributed by atoms with Crippen LogP contribution in [0.5, 0.6) is 5.75 Å². The SMILES string of the molecule is O=C1N(CCO)CCC[C@]12CCN(Cc1cc(=O)n3cccc(O)c3n1)C2. The number of fused-ring (bicyclic) bond motifs is 1. The summed E-state index contributed by atoms with van der Waals surface area (Å²) in [5.41, 5.74) is 0.218. The maximum absolute atomic E-state index is 12.9. The number of amides is 1. The Hall–Kier alpha value is -2.45. The van der Waals surface area contributed by atoms with E-state index in [2.05, 4.69) is 9.88 Å². The highest BCUT2D eigenvalue weighted by atomic mass is 16.3. The predicted molar refractivity (Wildman–Crippen MR) is 98.4 cm³/mol. The molecular weight excluding hydrogens is 348 g/mol. The van der Waals surface area contributed by atoms with E-state index in [-0.39, 0.29) is 34.9 Å². The van der Waals surface area contributed by atoms with Gasteiger partial charge in [-0.2, -0.15) is 0 Å². The standard InChI is InChI=1S/C19H24N4O4/c24-10-9-22-6-2-4-19(18(22)27)5-8-21(13-19)12-14-11-16(26)23-7-1-3-15(25)17(23)20-14/h1,3,7,11,24-25H,2,4-6,8-10,12-13H2/t19-/m1/s1. The summed E-state index contributed by atoms with van der Waals surface area (Å²) in [4.78, 5) is 33.6. The van der Waals surface area contributed by atoms with Crippen LogP contribution in [-0.4, -0.2) is 68.1 Å². The number of aromatic nitrogens is 2. The van der Waals surface area contributed by atoms with Crippen LogP contribution in [0.4, 0.5) is 0 Å². The van der Waals surface area contributed by atoms with Crippen molar-refractivity contribution in [3.63, 3.8) is 0 Å². The van der Waals surface area contributed by atoms with Gasteiger partial charge in [0.2, 0.25) is 5.91 Å². The van der Waals surface area contributed by atoms with Crippen molar-refractivity contribution in [1.29, 1.82) is 0 Å². The fourth-order valence-corrected chi connectivity index (χ4v) is 4.43. The molecule has 0 saturated carbocycles. The largest absolute Gasteiger partial charge is 0.504 e. The van der Waals surface area contributed by atoms with Gasteiger partial charge in [-0.25, -0.2) is 4.98 Å². The first-order chi connectivity index (χ1) is 13.0. The van der Waals surface area contributed by atoms with Crippen molar-refractivity contribution >= 4 is 11.6 Å². The van der Waals surface area contributed by atoms with Gasteiger partial charge in [0, 0.05) is 38.4 Å². The summed E-state index contributed by atoms with van der Waals surface area (Å²) in [5.74, 6) is 0.103. The smallest absolute Gasteiger partial charge is 0.258 e. The van der Waals surface area contributed by atoms with Gasteiger partial charge in [0.05, 0.1) is 17.7 Å². The molecule has 1 amide bonds. The molecule has 27 heavy (non-hydrogen) atoms. The number of aliphatic hydroxyl groups excluding tert-OH is 1. The third kappa shape index (κ3) is 3.19. The van der Waals surface area contributed by atoms with Gasteiger partial charge in [-0.1, -0.05) is 0 Å². The molecule has 0 unspecified atom stereocenters. The molecule has 4 rings (SSSR count). The molecule has 2 saturated heterocycles. The van der Waals surface area contributed by atoms with Gasteiger partial charge in [0.15, 0.2) is 11.4 Å². The average molecular weight is 372 g/mol. The van der Waals surface area contributed by atoms with E-state index >= 15 is 0 Å². The normalized spacial score (nSPS) is 23.6. The molecular formula is C19H24N4O4. The molecule has 2 fully saturated rings. The minimum absolute atomic E-state index is 0.0139. The third-order valence-electron chi connectivity index (χ3n) is 5.74. The number of pyridine rings is 1. The Labute approximate surface area is 156 Å². The summed E-state index contributed by atoms with van der Waals surface area (Å²) in [6.07, 6.45) is 4.17. The van der Waals surface area contributed by atoms with Crippen LogP contribution < -0.4 is 5.56 Å². The zero-order chi connectivity index (χ0) is 19.0. The van der Waals surface area contributed by atoms with Crippen molar-refractivity contribution in [3.05, 3.63) is 40.4 Å². The van der Waals surface area contributed by atoms with E-state index in [9.17, 15) is 19.8 Å². The first-order valence-corrected chi connectivity index (χ1v) is 9.35. The van der Waals surface area contributed by atoms with Crippen LogP contribution in [0.2, 0.25) is 0 Å². The van der Waals surface area contributed by atoms with Gasteiger partial charge in [0.25, 0.3) is 5.56 Å². The van der Waals surface area contributed by atoms with Gasteiger partial charge in [0.1, 0.15) is 0 Å². The molecule has 0 bridgehead atoms. The number of rotatable bonds is 4. The van der Waals surface area contributed by atoms with E-state index in [1.807, 2.05) is 0 Å². The average Bonchev–Trinajstić information content (AvgIpc) is 3.04. The van der Waals surface area contributed by atoms with Crippen LogP contribution in [0.25, 0.3) is 5.65 Å². The molecule has 0 aromatic carbocycles. The van der Waals surface area contributed by atoms with Gasteiger partial charge in [-0.3, -0.25) is 18.9 Å². The lowest BCUT2D eigenvalue weighted by Gasteiger charge is -2.39. The molecule has 2 aliphatic rings. The molecule has 0 aliphatic carbocycles. The number of hydrogen-bond donors (Lipinski definition) is 2. The van der Waals surface area contributed by atoms with Gasteiger partial charge >= 0.3 is 0 Å². The maximum Gasteiger partial charge on any atom is 0.258 e. The summed E-state index contributed by atoms with van der Waals surface area (Å²) >= 11 is 0. The monoisotopic (exact) mass is 372 g/mol. The Kier molecular flexibility index (Phi) is 4.61. The van der Waals surface area contributed by atoms with Crippen LogP contribution in [0.1, 0.15) is 25.0 Å². The quantitative estimate of drug-likeness (QED) is 0.796. The van der Waals surface area contributed by atoms with E-state index < -0.39 is 0 Å². The van der Waals surface area contributed by atoms with Crippen LogP contribution in [-0.2, 0) is 11.3 Å². The first kappa shape index (κ1) is 17.9. The number of carbonyl (C=O) groups is 1. The van der Waals surface area contributed by atoms with Crippen molar-refractivity contribution in [3.8, 4) is 5.75 Å². The van der Waals surface area contributed by atoms with Gasteiger partial charge in [-0.05, 0) is 37.9 Å². The van der Waals surface area contributed by atoms with Crippen molar-refractivity contribution < 1.29 is 15.0 Å². The van der Waals surface area contributed by atoms with Crippen LogP contribution in [0.3, 0.4) is 0 Å². The lowest BCUT2D eigenvalue weighted by Crippen LogP contribution is -2.50. The molecule has 144 valence electrons. The second-order valence-corrected chi connectivity index (χ2v) is 7.53. The highest BCUT2D eigenvalue weighted by molar-refractivity contribution is 5.84. The topological polar surface area (TPSA) is 98.4 Å². The van der Waals surface area contributed by atoms with Crippen molar-refractivity contribution in [2.75, 3.05) is 32.8 Å². The zero-order valence-corrected chi connectivity index (χ0v) is 15.2. The third-order valence-corrected chi connectivity index (χ3v) is 5.74. The molecule has 2 aromatic heterocycles. The van der Waals surface area contributed by atoms with Crippen LogP contribution in [0, 0.1) is 5.41 Å². The summed E-state index contributed by atoms with van der Waals surface area (Å²) in [6, 6.07) is 4.59. The number of nitrogens with zero attached hydrogens (tertiary/aromatic N) is 4. The van der Waals surface area contributed by atoms with E-state index in [0.717, 1.165) is 25.8 Å². The molecule has 2 N–H and O–H groups in total. The zero-order valence-electron chi connectivity index (χ0n) is 15.2. The van der Waals surface area contributed by atoms with Crippen molar-refractivity contribution in [2.45, 2.75) is 25.8 Å². The van der Waals surface area contributed by atoms with E-state index in [4.69, 9.17) is 0 Å². The molecule has 2 aromatic rings. The molecule has 1 spiro atoms. The highest BCUT2D eigenvalue weighted by Gasteiger charge is 2.48. The van der Waals surface area contributed by atoms with Crippen molar-refractivity contribution in [1.82, 2.24) is 19.2 Å². The lowest BCUT2D eigenvalue weighted by molar-refractivity contribution is -0.146. The van der Waals surface area contributed by atoms with Crippen LogP contribution in [0.15, 0.2) is 29.2 Å². The Morgan fingerprint density at radius 1 is 1.22 bits per heavy atom. The molecule has 8 heteroatoms. The fourth-order valence-electron chi connectivity index (χ4n) is 4.43. The Morgan fingerprint density at radius 3 is 2.89 bits per heavy atom. The summed E-state index contributed by atoms with van der Waals surface area (Å²) in [7, 11) is 0. The van der Waals surface area contributed by atoms with E-state index in [1.54, 1.807) is 17.2 Å². The molecule has 2 aliphatic heterocycles. The lowest BCUT2D eigenvalue weighted by atomic mass is 9.78. The first-order valence-electron chi connectivity index (χ1n) is 9.35. The highest BCUT2D eigenvalue weighted by Crippen LogP contribution is 2.40. The van der Waals surface area contributed by atoms with E-state index in [0.29, 0.717) is 31.9 Å². The van der Waals surface area contributed by atoms with Gasteiger partial charge < -0.3 is 15.1 Å². The number of carbonyl (C=O) groups excluding carboxylic acids is 1. The number of hydrogen-bond acceptors (Lipinski definition) is 6. The number of β-amino-alcohol motifs (C(OH)–C–C–N with tert-alkyl or cyclic N) is 1. The van der Waals surface area contributed by atoms with Crippen LogP contribution >= 0.6 is 0 Å². The van der Waals surface area contributed by atoms with E-state index in [1.165, 1.54) is 16.5 Å².